The first-order chi connectivity index (χ1) is 12.5. The lowest BCUT2D eigenvalue weighted by atomic mass is 10.1. The Morgan fingerprint density at radius 3 is 2.35 bits per heavy atom. The summed E-state index contributed by atoms with van der Waals surface area (Å²) in [7, 11) is 0. The molecule has 0 aliphatic heterocycles. The number of aliphatic carboxylic acids is 1. The number of hydrogen-bond donors (Lipinski definition) is 0. The Morgan fingerprint density at radius 2 is 1.77 bits per heavy atom. The number of pyridine rings is 1. The van der Waals surface area contributed by atoms with Crippen LogP contribution in [0.15, 0.2) is 54.9 Å². The van der Waals surface area contributed by atoms with Crippen molar-refractivity contribution in [2.45, 2.75) is 19.8 Å². The molecule has 0 amide bonds. The minimum atomic E-state index is -1.30. The zero-order chi connectivity index (χ0) is 18.7. The number of carboxylic acid groups (broad SMARTS) is 1. The summed E-state index contributed by atoms with van der Waals surface area (Å²) in [6, 6.07) is 9.66. The molecular weight excluding hydrogens is 333 g/mol. The molecule has 5 nitrogen and oxygen atoms in total. The SMILES string of the molecule is CC(C)c1nc(-c2ccncc2)c(-c2ccc(F)cc2)n1/C=C/C(=O)[O-]. The number of nitrogens with zero attached hydrogens (tertiary/aromatic N) is 3. The molecule has 0 saturated heterocycles. The van der Waals surface area contributed by atoms with E-state index in [2.05, 4.69) is 4.98 Å². The fraction of sp³-hybridized carbons (Fsp3) is 0.150. The predicted octanol–water partition coefficient (Wildman–Crippen LogP) is 3.10. The summed E-state index contributed by atoms with van der Waals surface area (Å²) in [5.41, 5.74) is 2.91. The number of aromatic nitrogens is 3. The molecule has 0 unspecified atom stereocenters. The van der Waals surface area contributed by atoms with Crippen LogP contribution in [0, 0.1) is 5.82 Å². The molecular formula is C20H17FN3O2-. The Morgan fingerprint density at radius 1 is 1.12 bits per heavy atom. The van der Waals surface area contributed by atoms with Crippen molar-refractivity contribution in [3.8, 4) is 22.5 Å². The van der Waals surface area contributed by atoms with Crippen molar-refractivity contribution >= 4 is 12.2 Å². The van der Waals surface area contributed by atoms with Crippen LogP contribution in [0.5, 0.6) is 0 Å². The largest absolute Gasteiger partial charge is 0.545 e. The Bertz CT molecular complexity index is 945. The molecule has 0 aliphatic carbocycles. The summed E-state index contributed by atoms with van der Waals surface area (Å²) in [4.78, 5) is 19.7. The predicted molar refractivity (Wildman–Crippen MR) is 95.3 cm³/mol. The number of hydrogen-bond acceptors (Lipinski definition) is 4. The second-order valence-corrected chi connectivity index (χ2v) is 6.07. The van der Waals surface area contributed by atoms with Crippen LogP contribution >= 0.6 is 0 Å². The van der Waals surface area contributed by atoms with Crippen molar-refractivity contribution in [1.82, 2.24) is 14.5 Å². The first kappa shape index (κ1) is 17.5. The van der Waals surface area contributed by atoms with Gasteiger partial charge in [0.1, 0.15) is 11.6 Å². The van der Waals surface area contributed by atoms with Crippen LogP contribution in [0.3, 0.4) is 0 Å². The molecule has 132 valence electrons. The lowest BCUT2D eigenvalue weighted by Gasteiger charge is -2.11. The highest BCUT2D eigenvalue weighted by molar-refractivity contribution is 5.84. The van der Waals surface area contributed by atoms with E-state index in [0.29, 0.717) is 17.2 Å². The van der Waals surface area contributed by atoms with Gasteiger partial charge in [0.25, 0.3) is 0 Å². The molecule has 3 aromatic rings. The number of benzene rings is 1. The maximum atomic E-state index is 13.4. The third kappa shape index (κ3) is 3.54. The number of carboxylic acids is 1. The third-order valence-corrected chi connectivity index (χ3v) is 3.89. The lowest BCUT2D eigenvalue weighted by molar-refractivity contribution is -0.297. The average Bonchev–Trinajstić information content (AvgIpc) is 3.01. The molecule has 0 atom stereocenters. The summed E-state index contributed by atoms with van der Waals surface area (Å²) in [5.74, 6) is -0.923. The van der Waals surface area contributed by atoms with Crippen molar-refractivity contribution < 1.29 is 14.3 Å². The number of carbonyl (C=O) groups is 1. The standard InChI is InChI=1S/C20H18FN3O2/c1-13(2)20-23-18(14-7-10-22-11-8-14)19(24(20)12-9-17(25)26)15-3-5-16(21)6-4-15/h3-13H,1-2H3,(H,25,26)/p-1/b12-9+. The summed E-state index contributed by atoms with van der Waals surface area (Å²) in [6.07, 6.45) is 5.70. The monoisotopic (exact) mass is 350 g/mol. The molecule has 26 heavy (non-hydrogen) atoms. The second kappa shape index (κ2) is 7.31. The maximum absolute atomic E-state index is 13.4. The molecule has 6 heteroatoms. The smallest absolute Gasteiger partial charge is 0.123 e. The summed E-state index contributed by atoms with van der Waals surface area (Å²) < 4.78 is 15.1. The molecule has 0 bridgehead atoms. The van der Waals surface area contributed by atoms with E-state index in [1.54, 1.807) is 29.1 Å². The van der Waals surface area contributed by atoms with Crippen LogP contribution in [0.1, 0.15) is 25.6 Å². The lowest BCUT2D eigenvalue weighted by Crippen LogP contribution is -2.19. The van der Waals surface area contributed by atoms with Gasteiger partial charge in [0.05, 0.1) is 17.4 Å². The van der Waals surface area contributed by atoms with Gasteiger partial charge in [-0.2, -0.15) is 0 Å². The quantitative estimate of drug-likeness (QED) is 0.663. The molecule has 1 aromatic carbocycles. The minimum absolute atomic E-state index is 0.0381. The first-order valence-electron chi connectivity index (χ1n) is 8.15. The van der Waals surface area contributed by atoms with Gasteiger partial charge < -0.3 is 14.5 Å². The van der Waals surface area contributed by atoms with Gasteiger partial charge in [0, 0.05) is 35.6 Å². The highest BCUT2D eigenvalue weighted by atomic mass is 19.1. The Labute approximate surface area is 150 Å². The van der Waals surface area contributed by atoms with Crippen LogP contribution in [0.25, 0.3) is 28.7 Å². The molecule has 0 aliphatic rings. The number of rotatable bonds is 5. The topological polar surface area (TPSA) is 70.8 Å². The Kier molecular flexibility index (Phi) is 4.93. The molecule has 2 aromatic heterocycles. The summed E-state index contributed by atoms with van der Waals surface area (Å²) >= 11 is 0. The number of halogens is 1. The van der Waals surface area contributed by atoms with Gasteiger partial charge in [0.15, 0.2) is 0 Å². The van der Waals surface area contributed by atoms with Gasteiger partial charge in [-0.05, 0) is 42.5 Å². The molecule has 0 spiro atoms. The molecule has 0 radical (unpaired) electrons. The third-order valence-electron chi connectivity index (χ3n) is 3.89. The van der Waals surface area contributed by atoms with Gasteiger partial charge in [-0.1, -0.05) is 13.8 Å². The van der Waals surface area contributed by atoms with E-state index in [4.69, 9.17) is 4.98 Å². The summed E-state index contributed by atoms with van der Waals surface area (Å²) in [5, 5.41) is 10.9. The van der Waals surface area contributed by atoms with Crippen molar-refractivity contribution in [2.75, 3.05) is 0 Å². The number of imidazole rings is 1. The maximum Gasteiger partial charge on any atom is 0.123 e. The van der Waals surface area contributed by atoms with Gasteiger partial charge >= 0.3 is 0 Å². The van der Waals surface area contributed by atoms with E-state index in [-0.39, 0.29) is 11.7 Å². The van der Waals surface area contributed by atoms with E-state index in [9.17, 15) is 14.3 Å². The normalized spacial score (nSPS) is 11.4. The highest BCUT2D eigenvalue weighted by Crippen LogP contribution is 2.35. The van der Waals surface area contributed by atoms with Crippen LogP contribution in [-0.4, -0.2) is 20.5 Å². The first-order valence-corrected chi connectivity index (χ1v) is 8.15. The van der Waals surface area contributed by atoms with Gasteiger partial charge in [-0.25, -0.2) is 9.37 Å². The molecule has 2 heterocycles. The van der Waals surface area contributed by atoms with Gasteiger partial charge in [-0.15, -0.1) is 0 Å². The van der Waals surface area contributed by atoms with E-state index >= 15 is 0 Å². The Hall–Kier alpha value is -3.28. The zero-order valence-electron chi connectivity index (χ0n) is 14.4. The van der Waals surface area contributed by atoms with Crippen LogP contribution in [0.2, 0.25) is 0 Å². The van der Waals surface area contributed by atoms with Crippen molar-refractivity contribution in [3.63, 3.8) is 0 Å². The van der Waals surface area contributed by atoms with E-state index in [1.165, 1.54) is 18.3 Å². The highest BCUT2D eigenvalue weighted by Gasteiger charge is 2.20. The molecule has 3 rings (SSSR count). The zero-order valence-corrected chi connectivity index (χ0v) is 14.4. The van der Waals surface area contributed by atoms with Crippen molar-refractivity contribution in [1.29, 1.82) is 0 Å². The minimum Gasteiger partial charge on any atom is -0.545 e. The average molecular weight is 350 g/mol. The molecule has 0 fully saturated rings. The Balaban J connectivity index is 2.32. The van der Waals surface area contributed by atoms with Crippen molar-refractivity contribution in [2.24, 2.45) is 0 Å². The van der Waals surface area contributed by atoms with E-state index in [0.717, 1.165) is 17.2 Å². The fourth-order valence-corrected chi connectivity index (χ4v) is 2.74. The van der Waals surface area contributed by atoms with Crippen LogP contribution in [-0.2, 0) is 4.79 Å². The van der Waals surface area contributed by atoms with E-state index < -0.39 is 5.97 Å². The number of carbonyl (C=O) groups excluding carboxylic acids is 1. The van der Waals surface area contributed by atoms with Gasteiger partial charge in [0.2, 0.25) is 0 Å². The van der Waals surface area contributed by atoms with Crippen LogP contribution < -0.4 is 5.11 Å². The summed E-state index contributed by atoms with van der Waals surface area (Å²) in [6.45, 7) is 3.94. The fourth-order valence-electron chi connectivity index (χ4n) is 2.74. The van der Waals surface area contributed by atoms with Crippen LogP contribution in [0.4, 0.5) is 4.39 Å². The molecule has 0 N–H and O–H groups in total. The van der Waals surface area contributed by atoms with Crippen molar-refractivity contribution in [3.05, 3.63) is 66.5 Å². The van der Waals surface area contributed by atoms with E-state index in [1.807, 2.05) is 26.0 Å². The molecule has 0 saturated carbocycles. The second-order valence-electron chi connectivity index (χ2n) is 6.07. The van der Waals surface area contributed by atoms with Gasteiger partial charge in [-0.3, -0.25) is 4.98 Å².